The lowest BCUT2D eigenvalue weighted by atomic mass is 9.77. The number of rotatable bonds is 4. The Bertz CT molecular complexity index is 523. The van der Waals surface area contributed by atoms with Crippen LogP contribution < -0.4 is 10.6 Å². The first-order valence-electron chi connectivity index (χ1n) is 8.76. The van der Waals surface area contributed by atoms with Crippen LogP contribution in [0, 0.1) is 5.41 Å². The molecule has 2 aliphatic heterocycles. The van der Waals surface area contributed by atoms with Crippen molar-refractivity contribution in [2.24, 2.45) is 11.1 Å². The van der Waals surface area contributed by atoms with Crippen LogP contribution in [0.4, 0.5) is 5.69 Å². The first-order chi connectivity index (χ1) is 11.1. The number of amides is 1. The monoisotopic (exact) mass is 316 g/mol. The second-order valence-electron chi connectivity index (χ2n) is 7.27. The van der Waals surface area contributed by atoms with Gasteiger partial charge in [0.05, 0.1) is 0 Å². The molecule has 126 valence electrons. The van der Waals surface area contributed by atoms with Gasteiger partial charge in [-0.2, -0.15) is 0 Å². The van der Waals surface area contributed by atoms with Gasteiger partial charge in [0.1, 0.15) is 0 Å². The molecule has 3 rings (SSSR count). The molecular formula is C18H28N4O. The maximum atomic E-state index is 12.2. The van der Waals surface area contributed by atoms with Crippen molar-refractivity contribution in [3.8, 4) is 0 Å². The molecule has 1 aromatic rings. The van der Waals surface area contributed by atoms with E-state index < -0.39 is 0 Å². The number of carbonyl (C=O) groups excluding carboxylic acids is 1. The molecule has 1 amide bonds. The standard InChI is InChI=1S/C18H28N4O/c1-15(19)2-3-17(23)21-11-6-18(7-12-21)8-13-22(14-18)16-4-9-20-10-5-16/h4-5,9-10,15H,2-3,6-8,11-14,19H2,1H3/t15-/m1/s1. The maximum absolute atomic E-state index is 12.2. The Morgan fingerprint density at radius 3 is 2.57 bits per heavy atom. The van der Waals surface area contributed by atoms with Crippen LogP contribution in [-0.2, 0) is 4.79 Å². The highest BCUT2D eigenvalue weighted by atomic mass is 16.2. The van der Waals surface area contributed by atoms with Gasteiger partial charge in [0, 0.05) is 56.7 Å². The van der Waals surface area contributed by atoms with Crippen LogP contribution in [0.3, 0.4) is 0 Å². The Hall–Kier alpha value is -1.62. The Morgan fingerprint density at radius 2 is 1.91 bits per heavy atom. The van der Waals surface area contributed by atoms with E-state index in [0.29, 0.717) is 11.8 Å². The van der Waals surface area contributed by atoms with Crippen LogP contribution in [0.1, 0.15) is 39.0 Å². The summed E-state index contributed by atoms with van der Waals surface area (Å²) in [7, 11) is 0. The van der Waals surface area contributed by atoms with Gasteiger partial charge in [0.15, 0.2) is 0 Å². The van der Waals surface area contributed by atoms with Crippen LogP contribution in [0.15, 0.2) is 24.5 Å². The average Bonchev–Trinajstić information content (AvgIpc) is 2.98. The van der Waals surface area contributed by atoms with Crippen molar-refractivity contribution in [3.63, 3.8) is 0 Å². The fourth-order valence-corrected chi connectivity index (χ4v) is 3.86. The van der Waals surface area contributed by atoms with Gasteiger partial charge < -0.3 is 15.5 Å². The molecule has 0 aliphatic carbocycles. The van der Waals surface area contributed by atoms with Crippen molar-refractivity contribution >= 4 is 11.6 Å². The number of hydrogen-bond acceptors (Lipinski definition) is 4. The third-order valence-corrected chi connectivity index (χ3v) is 5.46. The number of nitrogens with two attached hydrogens (primary N) is 1. The molecule has 0 unspecified atom stereocenters. The first kappa shape index (κ1) is 16.2. The van der Waals surface area contributed by atoms with E-state index in [2.05, 4.69) is 22.0 Å². The summed E-state index contributed by atoms with van der Waals surface area (Å²) < 4.78 is 0. The summed E-state index contributed by atoms with van der Waals surface area (Å²) in [6.07, 6.45) is 8.58. The van der Waals surface area contributed by atoms with Crippen molar-refractivity contribution < 1.29 is 4.79 Å². The lowest BCUT2D eigenvalue weighted by molar-refractivity contribution is -0.133. The first-order valence-corrected chi connectivity index (χ1v) is 8.76. The van der Waals surface area contributed by atoms with Crippen LogP contribution in [0.2, 0.25) is 0 Å². The zero-order valence-corrected chi connectivity index (χ0v) is 14.1. The van der Waals surface area contributed by atoms with Gasteiger partial charge in [0.25, 0.3) is 0 Å². The van der Waals surface area contributed by atoms with Crippen molar-refractivity contribution in [1.29, 1.82) is 0 Å². The zero-order valence-electron chi connectivity index (χ0n) is 14.1. The molecule has 2 aliphatic rings. The van der Waals surface area contributed by atoms with E-state index in [9.17, 15) is 4.79 Å². The molecule has 2 N–H and O–H groups in total. The van der Waals surface area contributed by atoms with Crippen molar-refractivity contribution in [3.05, 3.63) is 24.5 Å². The molecular weight excluding hydrogens is 288 g/mol. The molecule has 1 aromatic heterocycles. The smallest absolute Gasteiger partial charge is 0.222 e. The second kappa shape index (κ2) is 6.87. The van der Waals surface area contributed by atoms with Crippen LogP contribution >= 0.6 is 0 Å². The summed E-state index contributed by atoms with van der Waals surface area (Å²) in [4.78, 5) is 20.9. The van der Waals surface area contributed by atoms with Crippen molar-refractivity contribution in [2.75, 3.05) is 31.1 Å². The van der Waals surface area contributed by atoms with Crippen LogP contribution in [0.5, 0.6) is 0 Å². The molecule has 0 radical (unpaired) electrons. The third-order valence-electron chi connectivity index (χ3n) is 5.46. The van der Waals surface area contributed by atoms with Crippen LogP contribution in [0.25, 0.3) is 0 Å². The van der Waals surface area contributed by atoms with Gasteiger partial charge in [-0.3, -0.25) is 9.78 Å². The third kappa shape index (κ3) is 3.83. The minimum absolute atomic E-state index is 0.110. The van der Waals surface area contributed by atoms with Gasteiger partial charge in [-0.05, 0) is 50.2 Å². The van der Waals surface area contributed by atoms with Gasteiger partial charge in [-0.25, -0.2) is 0 Å². The predicted molar refractivity (Wildman–Crippen MR) is 92.2 cm³/mol. The minimum atomic E-state index is 0.110. The highest BCUT2D eigenvalue weighted by Gasteiger charge is 2.41. The molecule has 1 atom stereocenters. The highest BCUT2D eigenvalue weighted by molar-refractivity contribution is 5.76. The summed E-state index contributed by atoms with van der Waals surface area (Å²) in [6.45, 7) is 6.00. The molecule has 5 nitrogen and oxygen atoms in total. The summed E-state index contributed by atoms with van der Waals surface area (Å²) in [5, 5.41) is 0. The SMILES string of the molecule is C[C@@H](N)CCC(=O)N1CCC2(CC1)CCN(c1ccncc1)C2. The number of hydrogen-bond donors (Lipinski definition) is 1. The van der Waals surface area contributed by atoms with Crippen molar-refractivity contribution in [1.82, 2.24) is 9.88 Å². The maximum Gasteiger partial charge on any atom is 0.222 e. The van der Waals surface area contributed by atoms with E-state index in [4.69, 9.17) is 5.73 Å². The zero-order chi connectivity index (χ0) is 16.3. The number of likely N-dealkylation sites (tertiary alicyclic amines) is 1. The lowest BCUT2D eigenvalue weighted by Gasteiger charge is -2.39. The van der Waals surface area contributed by atoms with Crippen LogP contribution in [-0.4, -0.2) is 48.0 Å². The lowest BCUT2D eigenvalue weighted by Crippen LogP contribution is -2.44. The van der Waals surface area contributed by atoms with E-state index in [1.54, 1.807) is 0 Å². The second-order valence-corrected chi connectivity index (χ2v) is 7.27. The fraction of sp³-hybridized carbons (Fsp3) is 0.667. The molecule has 0 aromatic carbocycles. The molecule has 5 heteroatoms. The number of nitrogens with zero attached hydrogens (tertiary/aromatic N) is 3. The molecule has 23 heavy (non-hydrogen) atoms. The highest BCUT2D eigenvalue weighted by Crippen LogP contribution is 2.41. The Labute approximate surface area is 138 Å². The van der Waals surface area contributed by atoms with Gasteiger partial charge >= 0.3 is 0 Å². The average molecular weight is 316 g/mol. The molecule has 1 spiro atoms. The predicted octanol–water partition coefficient (Wildman–Crippen LogP) is 2.03. The van der Waals surface area contributed by atoms with Gasteiger partial charge in [-0.1, -0.05) is 0 Å². The fourth-order valence-electron chi connectivity index (χ4n) is 3.86. The van der Waals surface area contributed by atoms with E-state index in [1.807, 2.05) is 24.2 Å². The van der Waals surface area contributed by atoms with E-state index in [1.165, 1.54) is 12.1 Å². The number of piperidine rings is 1. The summed E-state index contributed by atoms with van der Waals surface area (Å²) in [5.41, 5.74) is 7.42. The largest absolute Gasteiger partial charge is 0.371 e. The summed E-state index contributed by atoms with van der Waals surface area (Å²) >= 11 is 0. The Morgan fingerprint density at radius 1 is 1.26 bits per heavy atom. The number of carbonyl (C=O) groups is 1. The quantitative estimate of drug-likeness (QED) is 0.923. The molecule has 2 saturated heterocycles. The number of pyridine rings is 1. The number of aromatic nitrogens is 1. The number of anilines is 1. The molecule has 0 bridgehead atoms. The van der Waals surface area contributed by atoms with Gasteiger partial charge in [0.2, 0.25) is 5.91 Å². The molecule has 0 saturated carbocycles. The van der Waals surface area contributed by atoms with E-state index in [-0.39, 0.29) is 11.9 Å². The topological polar surface area (TPSA) is 62.5 Å². The van der Waals surface area contributed by atoms with E-state index in [0.717, 1.165) is 45.4 Å². The summed E-state index contributed by atoms with van der Waals surface area (Å²) in [6, 6.07) is 4.29. The Balaban J connectivity index is 1.52. The normalized spacial score (nSPS) is 21.7. The van der Waals surface area contributed by atoms with E-state index >= 15 is 0 Å². The van der Waals surface area contributed by atoms with Crippen molar-refractivity contribution in [2.45, 2.75) is 45.1 Å². The Kier molecular flexibility index (Phi) is 4.85. The molecule has 2 fully saturated rings. The molecule has 3 heterocycles. The van der Waals surface area contributed by atoms with Gasteiger partial charge in [-0.15, -0.1) is 0 Å². The minimum Gasteiger partial charge on any atom is -0.371 e. The summed E-state index contributed by atoms with van der Waals surface area (Å²) in [5.74, 6) is 0.279.